The quantitative estimate of drug-likeness (QED) is 0.462. The maximum atomic E-state index is 10.5. The van der Waals surface area contributed by atoms with Crippen molar-refractivity contribution in [3.63, 3.8) is 0 Å². The number of aliphatic hydroxyl groups is 1. The van der Waals surface area contributed by atoms with E-state index in [1.807, 2.05) is 0 Å². The average Bonchev–Trinajstić information content (AvgIpc) is 2.30. The summed E-state index contributed by atoms with van der Waals surface area (Å²) in [5.74, 6) is 0. The van der Waals surface area contributed by atoms with E-state index in [-0.39, 0.29) is 19.1 Å². The Kier molecular flexibility index (Phi) is 2.31. The van der Waals surface area contributed by atoms with Crippen molar-refractivity contribution < 1.29 is 15.0 Å². The number of aliphatic hydroxyl groups excluding tert-OH is 1. The Balaban J connectivity index is 2.57. The number of amides is 1. The lowest BCUT2D eigenvalue weighted by atomic mass is 10.2. The molecule has 0 bridgehead atoms. The minimum absolute atomic E-state index is 0.192. The molecule has 1 saturated heterocycles. The summed E-state index contributed by atoms with van der Waals surface area (Å²) in [6, 6.07) is -0.206. The highest BCUT2D eigenvalue weighted by Gasteiger charge is 2.32. The molecule has 0 aromatic rings. The second-order valence-corrected chi connectivity index (χ2v) is 2.71. The molecule has 1 unspecified atom stereocenters. The van der Waals surface area contributed by atoms with Crippen LogP contribution in [-0.4, -0.2) is 46.4 Å². The first-order chi connectivity index (χ1) is 5.15. The van der Waals surface area contributed by atoms with Gasteiger partial charge in [-0.15, -0.1) is 0 Å². The summed E-state index contributed by atoms with van der Waals surface area (Å²) < 4.78 is 0. The molecule has 0 aromatic heterocycles. The number of nitrogens with two attached hydrogens (primary N) is 1. The zero-order valence-electron chi connectivity index (χ0n) is 6.10. The molecule has 1 heterocycles. The first-order valence-electron chi connectivity index (χ1n) is 3.53. The van der Waals surface area contributed by atoms with Crippen molar-refractivity contribution in [1.82, 2.24) is 4.90 Å². The lowest BCUT2D eigenvalue weighted by Crippen LogP contribution is -2.39. The number of likely N-dealkylation sites (tertiary alicyclic amines) is 1. The van der Waals surface area contributed by atoms with Gasteiger partial charge in [-0.25, -0.2) is 4.79 Å². The largest absolute Gasteiger partial charge is 0.465 e. The summed E-state index contributed by atoms with van der Waals surface area (Å²) in [4.78, 5) is 11.7. The molecule has 4 N–H and O–H groups in total. The molecule has 1 rings (SSSR count). The monoisotopic (exact) mass is 160 g/mol. The Morgan fingerprint density at radius 1 is 1.73 bits per heavy atom. The van der Waals surface area contributed by atoms with Crippen LogP contribution in [-0.2, 0) is 0 Å². The van der Waals surface area contributed by atoms with E-state index < -0.39 is 12.2 Å². The Labute approximate surface area is 64.4 Å². The molecule has 1 aliphatic heterocycles. The Morgan fingerprint density at radius 3 is 2.73 bits per heavy atom. The molecule has 2 atom stereocenters. The van der Waals surface area contributed by atoms with Crippen molar-refractivity contribution in [3.8, 4) is 0 Å². The summed E-state index contributed by atoms with van der Waals surface area (Å²) >= 11 is 0. The first kappa shape index (κ1) is 8.29. The van der Waals surface area contributed by atoms with E-state index in [4.69, 9.17) is 15.9 Å². The summed E-state index contributed by atoms with van der Waals surface area (Å²) in [5, 5.41) is 17.7. The maximum absolute atomic E-state index is 10.5. The lowest BCUT2D eigenvalue weighted by Gasteiger charge is -2.18. The number of carbonyl (C=O) groups is 1. The lowest BCUT2D eigenvalue weighted by molar-refractivity contribution is 0.132. The number of β-amino-alcohol motifs (C(OH)–C–C–N with tert-alkyl or cyclic N) is 1. The number of carboxylic acid groups (broad SMARTS) is 1. The van der Waals surface area contributed by atoms with Crippen molar-refractivity contribution in [3.05, 3.63) is 0 Å². The molecule has 1 aliphatic rings. The van der Waals surface area contributed by atoms with Crippen LogP contribution in [0.3, 0.4) is 0 Å². The maximum Gasteiger partial charge on any atom is 0.407 e. The van der Waals surface area contributed by atoms with E-state index >= 15 is 0 Å². The molecule has 64 valence electrons. The van der Waals surface area contributed by atoms with Crippen molar-refractivity contribution in [1.29, 1.82) is 0 Å². The van der Waals surface area contributed by atoms with Gasteiger partial charge in [0.25, 0.3) is 0 Å². The van der Waals surface area contributed by atoms with Crippen LogP contribution in [0.4, 0.5) is 4.79 Å². The molecule has 1 amide bonds. The minimum Gasteiger partial charge on any atom is -0.465 e. The molecule has 11 heavy (non-hydrogen) atoms. The van der Waals surface area contributed by atoms with Gasteiger partial charge in [-0.1, -0.05) is 0 Å². The van der Waals surface area contributed by atoms with Gasteiger partial charge in [-0.05, 0) is 6.42 Å². The van der Waals surface area contributed by atoms with Crippen molar-refractivity contribution >= 4 is 6.09 Å². The fourth-order valence-electron chi connectivity index (χ4n) is 1.35. The number of nitrogens with zero attached hydrogens (tertiary/aromatic N) is 1. The van der Waals surface area contributed by atoms with Crippen LogP contribution in [0, 0.1) is 0 Å². The molecule has 0 aliphatic carbocycles. The molecule has 5 heteroatoms. The van der Waals surface area contributed by atoms with E-state index in [1.54, 1.807) is 0 Å². The van der Waals surface area contributed by atoms with Crippen LogP contribution in [0.25, 0.3) is 0 Å². The fraction of sp³-hybridized carbons (Fsp3) is 0.833. The number of hydrogen-bond acceptors (Lipinski definition) is 3. The highest BCUT2D eigenvalue weighted by atomic mass is 16.4. The molecule has 0 radical (unpaired) electrons. The second-order valence-electron chi connectivity index (χ2n) is 2.71. The van der Waals surface area contributed by atoms with E-state index in [9.17, 15) is 4.79 Å². The summed E-state index contributed by atoms with van der Waals surface area (Å²) in [6.45, 7) is 0.473. The first-order valence-corrected chi connectivity index (χ1v) is 3.53. The summed E-state index contributed by atoms with van der Waals surface area (Å²) in [5.41, 5.74) is 5.31. The van der Waals surface area contributed by atoms with Gasteiger partial charge in [0.15, 0.2) is 0 Å². The SMILES string of the molecule is NC[C@@H]1CC(O)CN1C(=O)O. The number of hydrogen-bond donors (Lipinski definition) is 3. The van der Waals surface area contributed by atoms with Gasteiger partial charge in [0.05, 0.1) is 12.6 Å². The smallest absolute Gasteiger partial charge is 0.407 e. The van der Waals surface area contributed by atoms with Crippen LogP contribution in [0.2, 0.25) is 0 Å². The Hall–Kier alpha value is -0.810. The van der Waals surface area contributed by atoms with Crippen molar-refractivity contribution in [2.75, 3.05) is 13.1 Å². The van der Waals surface area contributed by atoms with Gasteiger partial charge < -0.3 is 20.8 Å². The predicted octanol–water partition coefficient (Wildman–Crippen LogP) is -0.942. The third-order valence-electron chi connectivity index (χ3n) is 1.91. The highest BCUT2D eigenvalue weighted by Crippen LogP contribution is 2.16. The van der Waals surface area contributed by atoms with Gasteiger partial charge in [0.2, 0.25) is 0 Å². The average molecular weight is 160 g/mol. The molecule has 5 nitrogen and oxygen atoms in total. The topological polar surface area (TPSA) is 86.8 Å². The number of rotatable bonds is 1. The van der Waals surface area contributed by atoms with Gasteiger partial charge in [0, 0.05) is 12.6 Å². The van der Waals surface area contributed by atoms with Gasteiger partial charge >= 0.3 is 6.09 Å². The third kappa shape index (κ3) is 1.61. The zero-order chi connectivity index (χ0) is 8.43. The van der Waals surface area contributed by atoms with E-state index in [0.29, 0.717) is 6.42 Å². The van der Waals surface area contributed by atoms with Gasteiger partial charge in [0.1, 0.15) is 0 Å². The van der Waals surface area contributed by atoms with Crippen LogP contribution >= 0.6 is 0 Å². The predicted molar refractivity (Wildman–Crippen MR) is 38.2 cm³/mol. The fourth-order valence-corrected chi connectivity index (χ4v) is 1.35. The van der Waals surface area contributed by atoms with Crippen molar-refractivity contribution in [2.45, 2.75) is 18.6 Å². The second kappa shape index (κ2) is 3.06. The Morgan fingerprint density at radius 2 is 2.36 bits per heavy atom. The third-order valence-corrected chi connectivity index (χ3v) is 1.91. The van der Waals surface area contributed by atoms with E-state index in [2.05, 4.69) is 0 Å². The Bertz CT molecular complexity index is 162. The van der Waals surface area contributed by atoms with Crippen LogP contribution in [0.1, 0.15) is 6.42 Å². The summed E-state index contributed by atoms with van der Waals surface area (Å²) in [7, 11) is 0. The van der Waals surface area contributed by atoms with Crippen LogP contribution < -0.4 is 5.73 Å². The van der Waals surface area contributed by atoms with Crippen molar-refractivity contribution in [2.24, 2.45) is 5.73 Å². The molecule has 0 aromatic carbocycles. The van der Waals surface area contributed by atoms with Crippen LogP contribution in [0.5, 0.6) is 0 Å². The summed E-state index contributed by atoms with van der Waals surface area (Å²) in [6.07, 6.45) is -1.08. The highest BCUT2D eigenvalue weighted by molar-refractivity contribution is 5.66. The molecule has 0 spiro atoms. The molecule has 1 fully saturated rings. The van der Waals surface area contributed by atoms with Gasteiger partial charge in [-0.2, -0.15) is 0 Å². The van der Waals surface area contributed by atoms with E-state index in [1.165, 1.54) is 4.90 Å². The zero-order valence-corrected chi connectivity index (χ0v) is 6.10. The van der Waals surface area contributed by atoms with Crippen LogP contribution in [0.15, 0.2) is 0 Å². The molecule has 0 saturated carbocycles. The van der Waals surface area contributed by atoms with Gasteiger partial charge in [-0.3, -0.25) is 0 Å². The van der Waals surface area contributed by atoms with E-state index in [0.717, 1.165) is 0 Å². The molecular formula is C6H12N2O3. The minimum atomic E-state index is -1.00. The normalized spacial score (nSPS) is 30.9. The standard InChI is InChI=1S/C6H12N2O3/c7-2-4-1-5(9)3-8(4)6(10)11/h4-5,9H,1-3,7H2,(H,10,11)/t4-,5?/m0/s1. The molecular weight excluding hydrogens is 148 g/mol.